The lowest BCUT2D eigenvalue weighted by Crippen LogP contribution is -2.46. The van der Waals surface area contributed by atoms with Crippen LogP contribution in [-0.4, -0.2) is 29.8 Å². The zero-order valence-corrected chi connectivity index (χ0v) is 13.2. The topological polar surface area (TPSA) is 21.3 Å². The van der Waals surface area contributed by atoms with E-state index in [2.05, 4.69) is 48.3 Å². The van der Waals surface area contributed by atoms with Crippen molar-refractivity contribution in [1.29, 1.82) is 0 Å². The largest absolute Gasteiger partial charge is 0.382 e. The molecule has 2 nitrogen and oxygen atoms in total. The number of thioether (sulfide) groups is 1. The molecule has 1 aromatic carbocycles. The molecule has 2 fully saturated rings. The van der Waals surface area contributed by atoms with Gasteiger partial charge in [-0.2, -0.15) is 11.8 Å². The zero-order chi connectivity index (χ0) is 13.8. The van der Waals surface area contributed by atoms with E-state index in [1.807, 2.05) is 0 Å². The average Bonchev–Trinajstić information content (AvgIpc) is 2.48. The molecule has 2 heterocycles. The molecule has 1 atom stereocenters. The Morgan fingerprint density at radius 3 is 3.00 bits per heavy atom. The van der Waals surface area contributed by atoms with E-state index in [-0.39, 0.29) is 5.60 Å². The Labute approximate surface area is 126 Å². The zero-order valence-electron chi connectivity index (χ0n) is 12.4. The molecule has 0 saturated carbocycles. The molecule has 3 heteroatoms. The fraction of sp³-hybridized carbons (Fsp3) is 0.647. The van der Waals surface area contributed by atoms with E-state index in [4.69, 9.17) is 4.74 Å². The summed E-state index contributed by atoms with van der Waals surface area (Å²) in [5, 5.41) is 3.74. The highest BCUT2D eigenvalue weighted by Gasteiger charge is 2.38. The average molecular weight is 291 g/mol. The summed E-state index contributed by atoms with van der Waals surface area (Å²) < 4.78 is 6.17. The molecule has 20 heavy (non-hydrogen) atoms. The molecule has 2 aliphatic rings. The van der Waals surface area contributed by atoms with Crippen molar-refractivity contribution < 1.29 is 4.74 Å². The highest BCUT2D eigenvalue weighted by molar-refractivity contribution is 7.99. The smallest absolute Gasteiger partial charge is 0.0717 e. The highest BCUT2D eigenvalue weighted by atomic mass is 32.2. The number of aryl methyl sites for hydroxylation is 1. The molecule has 2 saturated heterocycles. The van der Waals surface area contributed by atoms with Crippen LogP contribution >= 0.6 is 11.8 Å². The van der Waals surface area contributed by atoms with Crippen LogP contribution in [0.1, 0.15) is 38.2 Å². The van der Waals surface area contributed by atoms with Gasteiger partial charge < -0.3 is 10.1 Å². The van der Waals surface area contributed by atoms with Crippen molar-refractivity contribution in [1.82, 2.24) is 0 Å². The van der Waals surface area contributed by atoms with Gasteiger partial charge in [0.2, 0.25) is 0 Å². The molecule has 1 aromatic rings. The highest BCUT2D eigenvalue weighted by Crippen LogP contribution is 2.38. The summed E-state index contributed by atoms with van der Waals surface area (Å²) >= 11 is 2.07. The van der Waals surface area contributed by atoms with Gasteiger partial charge in [0, 0.05) is 18.3 Å². The van der Waals surface area contributed by atoms with E-state index in [1.165, 1.54) is 42.0 Å². The molecule has 0 bridgehead atoms. The summed E-state index contributed by atoms with van der Waals surface area (Å²) in [6, 6.07) is 9.42. The molecule has 0 radical (unpaired) electrons. The maximum atomic E-state index is 6.17. The summed E-state index contributed by atoms with van der Waals surface area (Å²) in [7, 11) is 0. The Kier molecular flexibility index (Phi) is 4.57. The Balaban J connectivity index is 1.64. The molecule has 3 rings (SSSR count). The van der Waals surface area contributed by atoms with Crippen molar-refractivity contribution in [2.75, 3.05) is 23.4 Å². The van der Waals surface area contributed by atoms with Crippen LogP contribution < -0.4 is 5.32 Å². The standard InChI is InChI=1S/C17H25NOS/c1-2-14-4-3-5-15(12-14)18-16-6-9-19-17(13-16)7-10-20-11-8-17/h3-5,12,16,18H,2,6-11,13H2,1H3. The molecule has 110 valence electrons. The fourth-order valence-electron chi connectivity index (χ4n) is 3.36. The SMILES string of the molecule is CCc1cccc(NC2CCOC3(CCSCC3)C2)c1. The number of hydrogen-bond donors (Lipinski definition) is 1. The third-order valence-electron chi connectivity index (χ3n) is 4.60. The second kappa shape index (κ2) is 6.40. The van der Waals surface area contributed by atoms with Gasteiger partial charge in [-0.05, 0) is 61.3 Å². The van der Waals surface area contributed by atoms with Crippen LogP contribution in [0.15, 0.2) is 24.3 Å². The lowest BCUT2D eigenvalue weighted by Gasteiger charge is -2.43. The van der Waals surface area contributed by atoms with Gasteiger partial charge in [-0.1, -0.05) is 19.1 Å². The minimum atomic E-state index is 0.170. The first-order chi connectivity index (χ1) is 9.80. The number of nitrogens with one attached hydrogen (secondary N) is 1. The molecular weight excluding hydrogens is 266 g/mol. The summed E-state index contributed by atoms with van der Waals surface area (Å²) in [5.41, 5.74) is 2.85. The Morgan fingerprint density at radius 2 is 2.20 bits per heavy atom. The summed E-state index contributed by atoms with van der Waals surface area (Å²) in [4.78, 5) is 0. The van der Waals surface area contributed by atoms with Crippen molar-refractivity contribution in [2.45, 2.75) is 50.7 Å². The van der Waals surface area contributed by atoms with E-state index in [0.29, 0.717) is 6.04 Å². The van der Waals surface area contributed by atoms with Crippen LogP contribution in [0.2, 0.25) is 0 Å². The van der Waals surface area contributed by atoms with Gasteiger partial charge in [-0.3, -0.25) is 0 Å². The minimum absolute atomic E-state index is 0.170. The van der Waals surface area contributed by atoms with Crippen LogP contribution in [0, 0.1) is 0 Å². The van der Waals surface area contributed by atoms with Crippen LogP contribution in [-0.2, 0) is 11.2 Å². The first-order valence-electron chi connectivity index (χ1n) is 7.87. The van der Waals surface area contributed by atoms with Gasteiger partial charge in [0.1, 0.15) is 0 Å². The summed E-state index contributed by atoms with van der Waals surface area (Å²) in [6.07, 6.45) is 5.86. The van der Waals surface area contributed by atoms with E-state index in [1.54, 1.807) is 0 Å². The monoisotopic (exact) mass is 291 g/mol. The lowest BCUT2D eigenvalue weighted by atomic mass is 9.85. The Hall–Kier alpha value is -0.670. The van der Waals surface area contributed by atoms with Gasteiger partial charge in [-0.15, -0.1) is 0 Å². The van der Waals surface area contributed by atoms with E-state index < -0.39 is 0 Å². The van der Waals surface area contributed by atoms with Gasteiger partial charge in [0.15, 0.2) is 0 Å². The predicted molar refractivity (Wildman–Crippen MR) is 87.7 cm³/mol. The molecule has 1 N–H and O–H groups in total. The molecular formula is C17H25NOS. The van der Waals surface area contributed by atoms with Crippen molar-refractivity contribution in [3.05, 3.63) is 29.8 Å². The van der Waals surface area contributed by atoms with Gasteiger partial charge in [0.25, 0.3) is 0 Å². The first kappa shape index (κ1) is 14.3. The maximum absolute atomic E-state index is 6.17. The van der Waals surface area contributed by atoms with E-state index in [0.717, 1.165) is 19.4 Å². The molecule has 0 amide bonds. The Morgan fingerprint density at radius 1 is 1.35 bits per heavy atom. The quantitative estimate of drug-likeness (QED) is 0.905. The molecule has 0 aliphatic carbocycles. The van der Waals surface area contributed by atoms with Crippen molar-refractivity contribution >= 4 is 17.4 Å². The van der Waals surface area contributed by atoms with Crippen LogP contribution in [0.3, 0.4) is 0 Å². The van der Waals surface area contributed by atoms with Gasteiger partial charge in [-0.25, -0.2) is 0 Å². The third kappa shape index (κ3) is 3.32. The number of ether oxygens (including phenoxy) is 1. The Bertz CT molecular complexity index is 437. The third-order valence-corrected chi connectivity index (χ3v) is 5.59. The van der Waals surface area contributed by atoms with Crippen LogP contribution in [0.4, 0.5) is 5.69 Å². The summed E-state index contributed by atoms with van der Waals surface area (Å²) in [5.74, 6) is 2.52. The molecule has 0 aromatic heterocycles. The van der Waals surface area contributed by atoms with Crippen LogP contribution in [0.25, 0.3) is 0 Å². The first-order valence-corrected chi connectivity index (χ1v) is 9.02. The van der Waals surface area contributed by atoms with Crippen molar-refractivity contribution in [3.8, 4) is 0 Å². The number of hydrogen-bond acceptors (Lipinski definition) is 3. The van der Waals surface area contributed by atoms with Gasteiger partial charge in [0.05, 0.1) is 5.60 Å². The van der Waals surface area contributed by atoms with E-state index >= 15 is 0 Å². The number of rotatable bonds is 3. The normalized spacial score (nSPS) is 25.6. The lowest BCUT2D eigenvalue weighted by molar-refractivity contribution is -0.0865. The maximum Gasteiger partial charge on any atom is 0.0717 e. The summed E-state index contributed by atoms with van der Waals surface area (Å²) in [6.45, 7) is 3.12. The number of benzene rings is 1. The second-order valence-electron chi connectivity index (χ2n) is 6.03. The predicted octanol–water partition coefficient (Wildman–Crippen LogP) is 4.11. The number of anilines is 1. The fourth-order valence-corrected chi connectivity index (χ4v) is 4.60. The minimum Gasteiger partial charge on any atom is -0.382 e. The van der Waals surface area contributed by atoms with Crippen molar-refractivity contribution in [3.63, 3.8) is 0 Å². The molecule has 2 aliphatic heterocycles. The second-order valence-corrected chi connectivity index (χ2v) is 7.26. The molecule has 1 spiro atoms. The van der Waals surface area contributed by atoms with Crippen LogP contribution in [0.5, 0.6) is 0 Å². The van der Waals surface area contributed by atoms with Crippen molar-refractivity contribution in [2.24, 2.45) is 0 Å². The van der Waals surface area contributed by atoms with E-state index in [9.17, 15) is 0 Å². The van der Waals surface area contributed by atoms with Gasteiger partial charge >= 0.3 is 0 Å². The molecule has 1 unspecified atom stereocenters.